The molecule has 1 aromatic rings. The van der Waals surface area contributed by atoms with Crippen molar-refractivity contribution in [3.05, 3.63) is 22.4 Å². The van der Waals surface area contributed by atoms with E-state index in [9.17, 15) is 4.39 Å². The van der Waals surface area contributed by atoms with Crippen molar-refractivity contribution in [3.8, 4) is 0 Å². The second-order valence-electron chi connectivity index (χ2n) is 4.72. The lowest BCUT2D eigenvalue weighted by atomic mass is 10.1. The largest absolute Gasteiger partial charge is 0.397 e. The maximum absolute atomic E-state index is 13.6. The average molecular weight is 301 g/mol. The van der Waals surface area contributed by atoms with Crippen molar-refractivity contribution in [2.45, 2.75) is 38.6 Å². The van der Waals surface area contributed by atoms with Crippen LogP contribution in [0.4, 0.5) is 15.8 Å². The van der Waals surface area contributed by atoms with E-state index < -0.39 is 0 Å². The predicted molar refractivity (Wildman–Crippen MR) is 73.8 cm³/mol. The summed E-state index contributed by atoms with van der Waals surface area (Å²) < 4.78 is 14.0. The molecule has 0 aliphatic carbocycles. The van der Waals surface area contributed by atoms with Gasteiger partial charge in [-0.15, -0.1) is 0 Å². The second kappa shape index (κ2) is 5.25. The number of anilines is 2. The summed E-state index contributed by atoms with van der Waals surface area (Å²) in [4.78, 5) is 2.23. The van der Waals surface area contributed by atoms with E-state index in [2.05, 4.69) is 27.8 Å². The van der Waals surface area contributed by atoms with Crippen LogP contribution < -0.4 is 10.6 Å². The number of nitrogen functional groups attached to an aromatic ring is 1. The van der Waals surface area contributed by atoms with Gasteiger partial charge >= 0.3 is 0 Å². The molecule has 1 fully saturated rings. The minimum Gasteiger partial charge on any atom is -0.397 e. The molecule has 1 aromatic carbocycles. The Hall–Kier alpha value is -0.770. The number of nitrogens with zero attached hydrogens (tertiary/aromatic N) is 1. The molecule has 0 amide bonds. The SMILES string of the molecule is CC1CCCCCN1c1cc(F)c(Br)cc1N. The van der Waals surface area contributed by atoms with Crippen molar-refractivity contribution < 1.29 is 4.39 Å². The van der Waals surface area contributed by atoms with Gasteiger partial charge in [-0.1, -0.05) is 12.8 Å². The summed E-state index contributed by atoms with van der Waals surface area (Å²) in [7, 11) is 0. The topological polar surface area (TPSA) is 29.3 Å². The highest BCUT2D eigenvalue weighted by atomic mass is 79.9. The molecular formula is C13H18BrFN2. The number of rotatable bonds is 1. The molecule has 0 saturated carbocycles. The van der Waals surface area contributed by atoms with Crippen LogP contribution in [-0.2, 0) is 0 Å². The highest BCUT2D eigenvalue weighted by Gasteiger charge is 2.20. The fourth-order valence-corrected chi connectivity index (χ4v) is 2.79. The Morgan fingerprint density at radius 1 is 1.35 bits per heavy atom. The van der Waals surface area contributed by atoms with Gasteiger partial charge in [0.05, 0.1) is 15.8 Å². The fourth-order valence-electron chi connectivity index (χ4n) is 2.43. The van der Waals surface area contributed by atoms with Crippen molar-refractivity contribution in [1.82, 2.24) is 0 Å². The Bertz CT molecular complexity index is 409. The van der Waals surface area contributed by atoms with E-state index in [0.29, 0.717) is 16.2 Å². The van der Waals surface area contributed by atoms with Gasteiger partial charge in [-0.25, -0.2) is 4.39 Å². The molecule has 1 unspecified atom stereocenters. The third-order valence-corrected chi connectivity index (χ3v) is 4.04. The number of hydrogen-bond acceptors (Lipinski definition) is 2. The summed E-state index contributed by atoms with van der Waals surface area (Å²) >= 11 is 3.16. The highest BCUT2D eigenvalue weighted by molar-refractivity contribution is 9.10. The van der Waals surface area contributed by atoms with E-state index in [0.717, 1.165) is 25.1 Å². The van der Waals surface area contributed by atoms with Crippen LogP contribution >= 0.6 is 15.9 Å². The van der Waals surface area contributed by atoms with E-state index >= 15 is 0 Å². The van der Waals surface area contributed by atoms with Gasteiger partial charge in [0.1, 0.15) is 5.82 Å². The van der Waals surface area contributed by atoms with E-state index in [4.69, 9.17) is 5.73 Å². The van der Waals surface area contributed by atoms with Crippen LogP contribution in [0.15, 0.2) is 16.6 Å². The Labute approximate surface area is 110 Å². The quantitative estimate of drug-likeness (QED) is 0.796. The first-order chi connectivity index (χ1) is 8.09. The molecule has 0 aromatic heterocycles. The van der Waals surface area contributed by atoms with Gasteiger partial charge in [-0.3, -0.25) is 0 Å². The van der Waals surface area contributed by atoms with E-state index in [1.807, 2.05) is 0 Å². The van der Waals surface area contributed by atoms with E-state index in [1.54, 1.807) is 12.1 Å². The van der Waals surface area contributed by atoms with Crippen LogP contribution in [0.2, 0.25) is 0 Å². The van der Waals surface area contributed by atoms with Crippen molar-refractivity contribution in [1.29, 1.82) is 0 Å². The van der Waals surface area contributed by atoms with Gasteiger partial charge in [-0.2, -0.15) is 0 Å². The van der Waals surface area contributed by atoms with Crippen LogP contribution in [0, 0.1) is 5.82 Å². The molecule has 1 aliphatic heterocycles. The van der Waals surface area contributed by atoms with Crippen molar-refractivity contribution in [2.75, 3.05) is 17.2 Å². The second-order valence-corrected chi connectivity index (χ2v) is 5.57. The smallest absolute Gasteiger partial charge is 0.139 e. The van der Waals surface area contributed by atoms with Gasteiger partial charge in [-0.05, 0) is 41.8 Å². The van der Waals surface area contributed by atoms with Crippen LogP contribution in [-0.4, -0.2) is 12.6 Å². The molecule has 1 atom stereocenters. The molecule has 2 N–H and O–H groups in total. The van der Waals surface area contributed by atoms with Crippen molar-refractivity contribution in [3.63, 3.8) is 0 Å². The Balaban J connectivity index is 2.34. The van der Waals surface area contributed by atoms with Crippen LogP contribution in [0.1, 0.15) is 32.6 Å². The lowest BCUT2D eigenvalue weighted by molar-refractivity contribution is 0.604. The Morgan fingerprint density at radius 2 is 2.12 bits per heavy atom. The normalized spacial score (nSPS) is 21.4. The zero-order chi connectivity index (χ0) is 12.4. The third kappa shape index (κ3) is 2.73. The maximum Gasteiger partial charge on any atom is 0.139 e. The van der Waals surface area contributed by atoms with Gasteiger partial charge in [0.15, 0.2) is 0 Å². The minimum absolute atomic E-state index is 0.245. The zero-order valence-electron chi connectivity index (χ0n) is 10.0. The molecule has 94 valence electrons. The molecule has 17 heavy (non-hydrogen) atoms. The van der Waals surface area contributed by atoms with Crippen LogP contribution in [0.25, 0.3) is 0 Å². The molecule has 1 saturated heterocycles. The molecular weight excluding hydrogens is 283 g/mol. The van der Waals surface area contributed by atoms with Gasteiger partial charge < -0.3 is 10.6 Å². The summed E-state index contributed by atoms with van der Waals surface area (Å²) in [5.74, 6) is -0.245. The summed E-state index contributed by atoms with van der Waals surface area (Å²) in [6.07, 6.45) is 4.80. The Kier molecular flexibility index (Phi) is 3.92. The molecule has 0 spiro atoms. The monoisotopic (exact) mass is 300 g/mol. The predicted octanol–water partition coefficient (Wildman–Crippen LogP) is 3.94. The average Bonchev–Trinajstić information content (AvgIpc) is 2.49. The first-order valence-electron chi connectivity index (χ1n) is 6.10. The third-order valence-electron chi connectivity index (χ3n) is 3.43. The molecule has 2 nitrogen and oxygen atoms in total. The van der Waals surface area contributed by atoms with E-state index in [-0.39, 0.29) is 5.82 Å². The van der Waals surface area contributed by atoms with Crippen LogP contribution in [0.3, 0.4) is 0 Å². The fraction of sp³-hybridized carbons (Fsp3) is 0.538. The summed E-state index contributed by atoms with van der Waals surface area (Å²) in [5, 5.41) is 0. The molecule has 2 rings (SSSR count). The Morgan fingerprint density at radius 3 is 2.88 bits per heavy atom. The number of hydrogen-bond donors (Lipinski definition) is 1. The molecule has 0 bridgehead atoms. The molecule has 0 radical (unpaired) electrons. The van der Waals surface area contributed by atoms with Gasteiger partial charge in [0.25, 0.3) is 0 Å². The first-order valence-corrected chi connectivity index (χ1v) is 6.90. The molecule has 1 aliphatic rings. The number of nitrogens with two attached hydrogens (primary N) is 1. The number of benzene rings is 1. The number of halogens is 2. The lowest BCUT2D eigenvalue weighted by Crippen LogP contribution is -2.33. The summed E-state index contributed by atoms with van der Waals surface area (Å²) in [6.45, 7) is 3.15. The minimum atomic E-state index is -0.245. The molecule has 1 heterocycles. The molecule has 4 heteroatoms. The maximum atomic E-state index is 13.6. The summed E-state index contributed by atoms with van der Waals surface area (Å²) in [5.41, 5.74) is 7.47. The van der Waals surface area contributed by atoms with Crippen molar-refractivity contribution >= 4 is 27.3 Å². The lowest BCUT2D eigenvalue weighted by Gasteiger charge is -2.30. The first kappa shape index (κ1) is 12.7. The van der Waals surface area contributed by atoms with Crippen LogP contribution in [0.5, 0.6) is 0 Å². The van der Waals surface area contributed by atoms with Crippen molar-refractivity contribution in [2.24, 2.45) is 0 Å². The standard InChI is InChI=1S/C13H18BrFN2/c1-9-5-3-2-4-6-17(9)13-8-11(15)10(14)7-12(13)16/h7-9H,2-6,16H2,1H3. The summed E-state index contributed by atoms with van der Waals surface area (Å²) in [6, 6.07) is 3.63. The van der Waals surface area contributed by atoms with E-state index in [1.165, 1.54) is 12.8 Å². The zero-order valence-corrected chi connectivity index (χ0v) is 11.6. The van der Waals surface area contributed by atoms with Gasteiger partial charge in [0.2, 0.25) is 0 Å². The van der Waals surface area contributed by atoms with Gasteiger partial charge in [0, 0.05) is 18.7 Å². The highest BCUT2D eigenvalue weighted by Crippen LogP contribution is 2.32.